The van der Waals surface area contributed by atoms with Gasteiger partial charge in [0, 0.05) is 23.6 Å². The van der Waals surface area contributed by atoms with Gasteiger partial charge in [0.15, 0.2) is 4.80 Å². The summed E-state index contributed by atoms with van der Waals surface area (Å²) in [5.74, 6) is 1.49. The normalized spacial score (nSPS) is 16.8. The minimum atomic E-state index is 0.162. The van der Waals surface area contributed by atoms with Crippen LogP contribution in [0.5, 0.6) is 11.5 Å². The summed E-state index contributed by atoms with van der Waals surface area (Å²) in [6.07, 6.45) is 2.28. The lowest BCUT2D eigenvalue weighted by molar-refractivity contribution is 0.0968. The molecule has 1 saturated heterocycles. The number of thiazole rings is 1. The van der Waals surface area contributed by atoms with Crippen molar-refractivity contribution in [2.24, 2.45) is 4.99 Å². The first-order valence-corrected chi connectivity index (χ1v) is 11.2. The highest BCUT2D eigenvalue weighted by Crippen LogP contribution is 2.34. The number of benzene rings is 2. The van der Waals surface area contributed by atoms with Crippen LogP contribution < -0.4 is 14.3 Å². The highest BCUT2D eigenvalue weighted by Gasteiger charge is 2.20. The van der Waals surface area contributed by atoms with Crippen LogP contribution in [-0.4, -0.2) is 31.5 Å². The second-order valence-electron chi connectivity index (χ2n) is 6.93. The molecule has 1 unspecified atom stereocenters. The highest BCUT2D eigenvalue weighted by atomic mass is 35.5. The summed E-state index contributed by atoms with van der Waals surface area (Å²) < 4.78 is 19.1. The first kappa shape index (κ1) is 21.2. The summed E-state index contributed by atoms with van der Waals surface area (Å²) in [7, 11) is 3.31. The molecular formula is C22H22Cl2N2O3S. The topological polar surface area (TPSA) is 45.0 Å². The predicted molar refractivity (Wildman–Crippen MR) is 122 cm³/mol. The maximum Gasteiger partial charge on any atom is 0.190 e. The molecule has 1 fully saturated rings. The monoisotopic (exact) mass is 464 g/mol. The molecule has 1 aliphatic rings. The van der Waals surface area contributed by atoms with E-state index in [4.69, 9.17) is 42.4 Å². The summed E-state index contributed by atoms with van der Waals surface area (Å²) >= 11 is 13.8. The summed E-state index contributed by atoms with van der Waals surface area (Å²) in [6, 6.07) is 11.2. The summed E-state index contributed by atoms with van der Waals surface area (Å²) in [5.41, 5.74) is 2.75. The number of hydrogen-bond acceptors (Lipinski definition) is 5. The second kappa shape index (κ2) is 9.43. The van der Waals surface area contributed by atoms with Crippen LogP contribution in [0.2, 0.25) is 10.0 Å². The van der Waals surface area contributed by atoms with Gasteiger partial charge in [-0.15, -0.1) is 11.3 Å². The lowest BCUT2D eigenvalue weighted by Gasteiger charge is -2.16. The van der Waals surface area contributed by atoms with E-state index in [9.17, 15) is 0 Å². The molecule has 1 atom stereocenters. The Labute approximate surface area is 189 Å². The van der Waals surface area contributed by atoms with E-state index in [1.165, 1.54) is 0 Å². The molecule has 0 saturated carbocycles. The summed E-state index contributed by atoms with van der Waals surface area (Å²) in [4.78, 5) is 5.70. The van der Waals surface area contributed by atoms with Gasteiger partial charge in [0.05, 0.1) is 48.3 Å². The fourth-order valence-corrected chi connectivity index (χ4v) is 4.70. The number of halogens is 2. The van der Waals surface area contributed by atoms with Gasteiger partial charge in [-0.05, 0) is 43.2 Å². The van der Waals surface area contributed by atoms with Crippen molar-refractivity contribution in [1.82, 2.24) is 4.57 Å². The van der Waals surface area contributed by atoms with Gasteiger partial charge < -0.3 is 18.8 Å². The van der Waals surface area contributed by atoms with Crippen LogP contribution >= 0.6 is 34.5 Å². The van der Waals surface area contributed by atoms with Crippen molar-refractivity contribution in [3.8, 4) is 22.8 Å². The van der Waals surface area contributed by atoms with Crippen molar-refractivity contribution in [3.05, 3.63) is 56.6 Å². The van der Waals surface area contributed by atoms with Crippen LogP contribution in [0.4, 0.5) is 5.69 Å². The Morgan fingerprint density at radius 2 is 2.00 bits per heavy atom. The smallest absolute Gasteiger partial charge is 0.190 e. The van der Waals surface area contributed by atoms with Crippen molar-refractivity contribution in [2.45, 2.75) is 25.5 Å². The number of nitrogens with zero attached hydrogens (tertiary/aromatic N) is 2. The molecule has 0 aliphatic carbocycles. The van der Waals surface area contributed by atoms with E-state index in [1.807, 2.05) is 24.3 Å². The summed E-state index contributed by atoms with van der Waals surface area (Å²) in [5, 5.41) is 3.09. The molecule has 5 nitrogen and oxygen atoms in total. The maximum absolute atomic E-state index is 6.18. The Balaban J connectivity index is 1.83. The molecule has 0 spiro atoms. The standard InChI is InChI=1S/C22H22Cl2N2O3S/c1-27-15-6-7-17(21(11-15)28-2)20-13-30-22(26(20)12-16-4-3-9-29-16)25-14-5-8-18(23)19(24)10-14/h5-8,10-11,13,16H,3-4,9,12H2,1-2H3. The number of aromatic nitrogens is 1. The Morgan fingerprint density at radius 1 is 1.13 bits per heavy atom. The van der Waals surface area contributed by atoms with E-state index < -0.39 is 0 Å². The molecule has 30 heavy (non-hydrogen) atoms. The quantitative estimate of drug-likeness (QED) is 0.452. The van der Waals surface area contributed by atoms with Crippen LogP contribution in [-0.2, 0) is 11.3 Å². The Hall–Kier alpha value is -1.99. The Kier molecular flexibility index (Phi) is 6.68. The minimum Gasteiger partial charge on any atom is -0.497 e. The zero-order valence-electron chi connectivity index (χ0n) is 16.7. The second-order valence-corrected chi connectivity index (χ2v) is 8.58. The van der Waals surface area contributed by atoms with Crippen molar-refractivity contribution in [3.63, 3.8) is 0 Å². The third kappa shape index (κ3) is 4.52. The van der Waals surface area contributed by atoms with Gasteiger partial charge in [0.25, 0.3) is 0 Å². The molecular weight excluding hydrogens is 443 g/mol. The Bertz CT molecular complexity index is 1100. The molecule has 0 bridgehead atoms. The van der Waals surface area contributed by atoms with Gasteiger partial charge >= 0.3 is 0 Å². The molecule has 0 radical (unpaired) electrons. The first-order chi connectivity index (χ1) is 14.6. The van der Waals surface area contributed by atoms with E-state index in [0.717, 1.165) is 52.7 Å². The molecule has 3 aromatic rings. The molecule has 4 rings (SSSR count). The van der Waals surface area contributed by atoms with Crippen LogP contribution in [0.15, 0.2) is 46.8 Å². The molecule has 2 aromatic carbocycles. The molecule has 2 heterocycles. The average molecular weight is 465 g/mol. The van der Waals surface area contributed by atoms with Crippen LogP contribution in [0.3, 0.4) is 0 Å². The van der Waals surface area contributed by atoms with E-state index >= 15 is 0 Å². The van der Waals surface area contributed by atoms with Crippen molar-refractivity contribution in [1.29, 1.82) is 0 Å². The molecule has 0 amide bonds. The van der Waals surface area contributed by atoms with Crippen LogP contribution in [0.25, 0.3) is 11.3 Å². The number of methoxy groups -OCH3 is 2. The minimum absolute atomic E-state index is 0.162. The fraction of sp³-hybridized carbons (Fsp3) is 0.318. The number of rotatable bonds is 6. The van der Waals surface area contributed by atoms with E-state index in [0.29, 0.717) is 16.6 Å². The van der Waals surface area contributed by atoms with Gasteiger partial charge in [-0.25, -0.2) is 4.99 Å². The van der Waals surface area contributed by atoms with Gasteiger partial charge in [-0.2, -0.15) is 0 Å². The van der Waals surface area contributed by atoms with Gasteiger partial charge in [-0.1, -0.05) is 23.2 Å². The molecule has 1 aromatic heterocycles. The fourth-order valence-electron chi connectivity index (χ4n) is 3.48. The van der Waals surface area contributed by atoms with E-state index in [-0.39, 0.29) is 6.10 Å². The van der Waals surface area contributed by atoms with Crippen molar-refractivity contribution < 1.29 is 14.2 Å². The van der Waals surface area contributed by atoms with Gasteiger partial charge in [-0.3, -0.25) is 0 Å². The average Bonchev–Trinajstić information content (AvgIpc) is 3.41. The molecule has 1 aliphatic heterocycles. The largest absolute Gasteiger partial charge is 0.497 e. The number of hydrogen-bond donors (Lipinski definition) is 0. The first-order valence-electron chi connectivity index (χ1n) is 9.61. The Morgan fingerprint density at radius 3 is 2.70 bits per heavy atom. The third-order valence-electron chi connectivity index (χ3n) is 5.02. The molecule has 8 heteroatoms. The van der Waals surface area contributed by atoms with Gasteiger partial charge in [0.1, 0.15) is 11.5 Å². The zero-order chi connectivity index (χ0) is 21.1. The highest BCUT2D eigenvalue weighted by molar-refractivity contribution is 7.07. The molecule has 0 N–H and O–H groups in total. The zero-order valence-corrected chi connectivity index (χ0v) is 19.1. The lowest BCUT2D eigenvalue weighted by Crippen LogP contribution is -2.24. The molecule has 158 valence electrons. The van der Waals surface area contributed by atoms with Crippen molar-refractivity contribution in [2.75, 3.05) is 20.8 Å². The van der Waals surface area contributed by atoms with E-state index in [2.05, 4.69) is 9.95 Å². The van der Waals surface area contributed by atoms with Crippen LogP contribution in [0.1, 0.15) is 12.8 Å². The number of ether oxygens (including phenoxy) is 3. The van der Waals surface area contributed by atoms with Crippen LogP contribution in [0, 0.1) is 0 Å². The van der Waals surface area contributed by atoms with Crippen molar-refractivity contribution >= 4 is 40.2 Å². The van der Waals surface area contributed by atoms with E-state index in [1.54, 1.807) is 37.7 Å². The lowest BCUT2D eigenvalue weighted by atomic mass is 10.1. The predicted octanol–water partition coefficient (Wildman–Crippen LogP) is 5.95. The summed E-state index contributed by atoms with van der Waals surface area (Å²) in [6.45, 7) is 1.52. The third-order valence-corrected chi connectivity index (χ3v) is 6.62. The SMILES string of the molecule is COc1ccc(-c2csc(=Nc3ccc(Cl)c(Cl)c3)n2CC2CCCO2)c(OC)c1. The maximum atomic E-state index is 6.18. The van der Waals surface area contributed by atoms with Gasteiger partial charge in [0.2, 0.25) is 0 Å².